The molecular weight excluding hydrogens is 250 g/mol. The first-order chi connectivity index (χ1) is 9.74. The largest absolute Gasteiger partial charge is 0.402 e. The summed E-state index contributed by atoms with van der Waals surface area (Å²) in [5, 5.41) is 0. The van der Waals surface area contributed by atoms with Crippen LogP contribution in [-0.4, -0.2) is 55.7 Å². The van der Waals surface area contributed by atoms with Crippen LogP contribution in [0, 0.1) is 12.8 Å². The van der Waals surface area contributed by atoms with Crippen molar-refractivity contribution in [1.29, 1.82) is 0 Å². The Morgan fingerprint density at radius 2 is 2.05 bits per heavy atom. The van der Waals surface area contributed by atoms with Gasteiger partial charge in [0.1, 0.15) is 0 Å². The summed E-state index contributed by atoms with van der Waals surface area (Å²) in [5.41, 5.74) is 7.79. The Labute approximate surface area is 122 Å². The molecule has 1 fully saturated rings. The minimum atomic E-state index is 0.850. The monoisotopic (exact) mass is 275 g/mol. The van der Waals surface area contributed by atoms with Crippen LogP contribution >= 0.6 is 0 Å². The van der Waals surface area contributed by atoms with Gasteiger partial charge in [-0.1, -0.05) is 6.08 Å². The van der Waals surface area contributed by atoms with E-state index in [-0.39, 0.29) is 0 Å². The molecule has 0 radical (unpaired) electrons. The number of hydrogen-bond acceptors (Lipinski definition) is 4. The van der Waals surface area contributed by atoms with Crippen molar-refractivity contribution in [1.82, 2.24) is 9.80 Å². The summed E-state index contributed by atoms with van der Waals surface area (Å²) in [6.07, 6.45) is 16.4. The average Bonchev–Trinajstić information content (AvgIpc) is 2.94. The van der Waals surface area contributed by atoms with Gasteiger partial charge in [-0.2, -0.15) is 0 Å². The number of morpholine rings is 1. The summed E-state index contributed by atoms with van der Waals surface area (Å²) in [4.78, 5) is 4.81. The van der Waals surface area contributed by atoms with Crippen LogP contribution in [0.1, 0.15) is 6.92 Å². The van der Waals surface area contributed by atoms with Crippen LogP contribution in [-0.2, 0) is 4.74 Å². The maximum absolute atomic E-state index is 5.62. The van der Waals surface area contributed by atoms with Crippen LogP contribution < -0.4 is 5.73 Å². The summed E-state index contributed by atoms with van der Waals surface area (Å²) in [5.74, 6) is 0. The summed E-state index contributed by atoms with van der Waals surface area (Å²) in [6, 6.07) is 0. The standard InChI is InChI=1S/C14H23N3O.C2H2/c1-13(15)2-3-14-4-5-17(12-14)7-6-16-8-10-18-11-9-16;1-2/h2-5H,6-12,15H2,1H3;1-2H/b13-2+,14-3-;. The zero-order valence-corrected chi connectivity index (χ0v) is 12.3. The topological polar surface area (TPSA) is 41.7 Å². The quantitative estimate of drug-likeness (QED) is 0.783. The zero-order chi connectivity index (χ0) is 14.8. The van der Waals surface area contributed by atoms with Gasteiger partial charge in [-0.25, -0.2) is 0 Å². The molecule has 0 bridgehead atoms. The van der Waals surface area contributed by atoms with Gasteiger partial charge < -0.3 is 15.4 Å². The molecule has 0 spiro atoms. The highest BCUT2D eigenvalue weighted by atomic mass is 16.5. The number of hydrogen-bond donors (Lipinski definition) is 1. The predicted octanol–water partition coefficient (Wildman–Crippen LogP) is 1.19. The molecular formula is C16H25N3O. The van der Waals surface area contributed by atoms with E-state index < -0.39 is 0 Å². The van der Waals surface area contributed by atoms with E-state index in [9.17, 15) is 0 Å². The highest BCUT2D eigenvalue weighted by Gasteiger charge is 2.13. The maximum atomic E-state index is 5.62. The number of rotatable bonds is 4. The minimum Gasteiger partial charge on any atom is -0.402 e. The molecule has 2 aliphatic rings. The van der Waals surface area contributed by atoms with E-state index in [1.54, 1.807) is 0 Å². The highest BCUT2D eigenvalue weighted by Crippen LogP contribution is 2.11. The number of terminal acetylenes is 1. The molecule has 0 atom stereocenters. The van der Waals surface area contributed by atoms with E-state index in [0.29, 0.717) is 0 Å². The molecule has 2 aliphatic heterocycles. The van der Waals surface area contributed by atoms with Crippen LogP contribution in [0.25, 0.3) is 0 Å². The van der Waals surface area contributed by atoms with Gasteiger partial charge in [0.15, 0.2) is 0 Å². The Morgan fingerprint density at radius 1 is 1.35 bits per heavy atom. The van der Waals surface area contributed by atoms with E-state index >= 15 is 0 Å². The van der Waals surface area contributed by atoms with Crippen molar-refractivity contribution in [3.63, 3.8) is 0 Å². The molecule has 0 aliphatic carbocycles. The molecule has 2 rings (SSSR count). The molecule has 0 amide bonds. The van der Waals surface area contributed by atoms with E-state index in [0.717, 1.165) is 51.6 Å². The Hall–Kier alpha value is -1.70. The van der Waals surface area contributed by atoms with Crippen LogP contribution in [0.3, 0.4) is 0 Å². The lowest BCUT2D eigenvalue weighted by molar-refractivity contribution is 0.0357. The molecule has 4 nitrogen and oxygen atoms in total. The Balaban J connectivity index is 0.000000956. The van der Waals surface area contributed by atoms with Crippen molar-refractivity contribution in [2.75, 3.05) is 45.9 Å². The molecule has 0 aromatic rings. The van der Waals surface area contributed by atoms with Crippen molar-refractivity contribution < 1.29 is 4.74 Å². The van der Waals surface area contributed by atoms with Gasteiger partial charge in [-0.3, -0.25) is 4.90 Å². The molecule has 1 saturated heterocycles. The van der Waals surface area contributed by atoms with Gasteiger partial charge in [0.25, 0.3) is 0 Å². The fourth-order valence-electron chi connectivity index (χ4n) is 2.14. The molecule has 0 aromatic carbocycles. The number of ether oxygens (including phenoxy) is 1. The first-order valence-corrected chi connectivity index (χ1v) is 6.92. The van der Waals surface area contributed by atoms with Crippen LogP contribution in [0.4, 0.5) is 0 Å². The second-order valence-electron chi connectivity index (χ2n) is 4.89. The normalized spacial score (nSPS) is 21.9. The summed E-state index contributed by atoms with van der Waals surface area (Å²) in [6.45, 7) is 8.99. The Bertz CT molecular complexity index is 386. The maximum Gasteiger partial charge on any atom is 0.0594 e. The van der Waals surface area contributed by atoms with Crippen LogP contribution in [0.2, 0.25) is 0 Å². The Kier molecular flexibility index (Phi) is 7.56. The number of allylic oxidation sites excluding steroid dienone is 3. The number of nitrogens with zero attached hydrogens (tertiary/aromatic N) is 2. The second-order valence-corrected chi connectivity index (χ2v) is 4.89. The fraction of sp³-hybridized carbons (Fsp3) is 0.500. The lowest BCUT2D eigenvalue weighted by atomic mass is 10.2. The van der Waals surface area contributed by atoms with E-state index in [2.05, 4.69) is 41.0 Å². The summed E-state index contributed by atoms with van der Waals surface area (Å²) < 4.78 is 5.35. The smallest absolute Gasteiger partial charge is 0.0594 e. The van der Waals surface area contributed by atoms with Crippen molar-refractivity contribution in [2.24, 2.45) is 5.73 Å². The van der Waals surface area contributed by atoms with E-state index in [1.165, 1.54) is 5.57 Å². The molecule has 20 heavy (non-hydrogen) atoms. The molecule has 110 valence electrons. The average molecular weight is 275 g/mol. The Morgan fingerprint density at radius 3 is 2.70 bits per heavy atom. The fourth-order valence-corrected chi connectivity index (χ4v) is 2.14. The predicted molar refractivity (Wildman–Crippen MR) is 83.9 cm³/mol. The van der Waals surface area contributed by atoms with Gasteiger partial charge in [0.05, 0.1) is 13.2 Å². The summed E-state index contributed by atoms with van der Waals surface area (Å²) in [7, 11) is 0. The van der Waals surface area contributed by atoms with Gasteiger partial charge >= 0.3 is 0 Å². The van der Waals surface area contributed by atoms with Crippen molar-refractivity contribution >= 4 is 0 Å². The van der Waals surface area contributed by atoms with Crippen LogP contribution in [0.15, 0.2) is 35.7 Å². The molecule has 2 N–H and O–H groups in total. The van der Waals surface area contributed by atoms with E-state index in [1.807, 2.05) is 13.0 Å². The van der Waals surface area contributed by atoms with Gasteiger partial charge in [-0.05, 0) is 30.8 Å². The molecule has 4 heteroatoms. The van der Waals surface area contributed by atoms with Gasteiger partial charge in [0.2, 0.25) is 0 Å². The van der Waals surface area contributed by atoms with Crippen molar-refractivity contribution in [3.8, 4) is 12.8 Å². The second kappa shape index (κ2) is 9.24. The zero-order valence-electron chi connectivity index (χ0n) is 12.3. The minimum absolute atomic E-state index is 0.850. The third-order valence-corrected chi connectivity index (χ3v) is 3.25. The van der Waals surface area contributed by atoms with Gasteiger partial charge in [0, 0.05) is 38.4 Å². The third-order valence-electron chi connectivity index (χ3n) is 3.25. The van der Waals surface area contributed by atoms with Crippen molar-refractivity contribution in [3.05, 3.63) is 35.7 Å². The first kappa shape index (κ1) is 16.4. The lowest BCUT2D eigenvalue weighted by Gasteiger charge is -2.28. The van der Waals surface area contributed by atoms with Crippen molar-refractivity contribution in [2.45, 2.75) is 6.92 Å². The summed E-state index contributed by atoms with van der Waals surface area (Å²) >= 11 is 0. The molecule has 0 saturated carbocycles. The van der Waals surface area contributed by atoms with E-state index in [4.69, 9.17) is 10.5 Å². The van der Waals surface area contributed by atoms with Crippen LogP contribution in [0.5, 0.6) is 0 Å². The molecule has 0 unspecified atom stereocenters. The number of nitrogens with two attached hydrogens (primary N) is 1. The SMILES string of the molecule is C#C.C/C(N)=C\C=C1\C=CN(CCN2CCOCC2)C1. The molecule has 0 aromatic heterocycles. The first-order valence-electron chi connectivity index (χ1n) is 6.92. The van der Waals surface area contributed by atoms with Gasteiger partial charge in [-0.15, -0.1) is 12.8 Å². The molecule has 2 heterocycles. The third kappa shape index (κ3) is 5.96. The highest BCUT2D eigenvalue weighted by molar-refractivity contribution is 5.30. The lowest BCUT2D eigenvalue weighted by Crippen LogP contribution is -2.40.